The van der Waals surface area contributed by atoms with Crippen molar-refractivity contribution in [1.29, 1.82) is 0 Å². The number of aromatic amines is 1. The van der Waals surface area contributed by atoms with Crippen LogP contribution in [0.2, 0.25) is 0 Å². The molecule has 0 bridgehead atoms. The minimum absolute atomic E-state index is 0.263. The largest absolute Gasteiger partial charge is 0.481 e. The van der Waals surface area contributed by atoms with Crippen LogP contribution in [-0.4, -0.2) is 55.3 Å². The summed E-state index contributed by atoms with van der Waals surface area (Å²) in [5, 5.41) is 24.4. The van der Waals surface area contributed by atoms with E-state index in [9.17, 15) is 14.4 Å². The zero-order chi connectivity index (χ0) is 15.7. The predicted octanol–water partition coefficient (Wildman–Crippen LogP) is -1.76. The van der Waals surface area contributed by atoms with Gasteiger partial charge in [0.2, 0.25) is 0 Å². The van der Waals surface area contributed by atoms with Gasteiger partial charge in [-0.15, -0.1) is 0 Å². The summed E-state index contributed by atoms with van der Waals surface area (Å²) in [5.41, 5.74) is 10.8. The summed E-state index contributed by atoms with van der Waals surface area (Å²) in [6, 6.07) is -2.15. The minimum Gasteiger partial charge on any atom is -0.481 e. The summed E-state index contributed by atoms with van der Waals surface area (Å²) in [7, 11) is 0. The van der Waals surface area contributed by atoms with Gasteiger partial charge in [-0.2, -0.15) is 0 Å². The number of hydrogen-bond acceptors (Lipinski definition) is 6. The van der Waals surface area contributed by atoms with Crippen molar-refractivity contribution in [2.75, 3.05) is 0 Å². The van der Waals surface area contributed by atoms with Crippen LogP contribution in [0, 0.1) is 0 Å². The highest BCUT2D eigenvalue weighted by Gasteiger charge is 2.14. The third-order valence-electron chi connectivity index (χ3n) is 2.01. The molecule has 1 aromatic heterocycles. The molecule has 20 heavy (non-hydrogen) atoms. The van der Waals surface area contributed by atoms with Gasteiger partial charge in [0.25, 0.3) is 0 Å². The van der Waals surface area contributed by atoms with Gasteiger partial charge in [0, 0.05) is 12.6 Å². The molecule has 0 aliphatic carbocycles. The number of imidazole rings is 1. The number of hydrogen-bond donors (Lipinski definition) is 6. The van der Waals surface area contributed by atoms with Crippen LogP contribution < -0.4 is 11.5 Å². The molecule has 0 aliphatic rings. The van der Waals surface area contributed by atoms with Gasteiger partial charge in [-0.3, -0.25) is 14.4 Å². The lowest BCUT2D eigenvalue weighted by atomic mass is 10.2. The molecule has 1 rings (SSSR count). The smallest absolute Gasteiger partial charge is 0.321 e. The Morgan fingerprint density at radius 2 is 1.70 bits per heavy atom. The molecule has 0 radical (unpaired) electrons. The second-order valence-electron chi connectivity index (χ2n) is 3.75. The van der Waals surface area contributed by atoms with E-state index in [1.54, 1.807) is 6.20 Å². The molecule has 1 aromatic rings. The van der Waals surface area contributed by atoms with Crippen LogP contribution in [0.25, 0.3) is 0 Å². The van der Waals surface area contributed by atoms with Gasteiger partial charge in [0.05, 0.1) is 18.4 Å². The van der Waals surface area contributed by atoms with Crippen molar-refractivity contribution in [2.24, 2.45) is 11.5 Å². The first-order chi connectivity index (χ1) is 9.23. The standard InChI is InChI=1S/C6H9N3O2.C4H7NO4/c7-5(6(10)11)1-4-2-8-3-9-4;5-2(4(8)9)1-3(6)7/h2-3,5H,1,7H2,(H,8,9)(H,10,11);2H,1,5H2,(H,6,7)(H,8,9)/t5-;/m0./s1. The number of rotatable bonds is 6. The molecule has 0 amide bonds. The second-order valence-corrected chi connectivity index (χ2v) is 3.75. The number of carboxylic acids is 3. The number of nitrogens with zero attached hydrogens (tertiary/aromatic N) is 1. The maximum Gasteiger partial charge on any atom is 0.321 e. The maximum absolute atomic E-state index is 10.3. The average molecular weight is 288 g/mol. The Labute approximate surface area is 113 Å². The third-order valence-corrected chi connectivity index (χ3v) is 2.01. The SMILES string of the molecule is NC(CC(=O)O)C(=O)O.N[C@@H](Cc1c[nH]cn1)C(=O)O. The van der Waals surface area contributed by atoms with Crippen molar-refractivity contribution < 1.29 is 29.7 Å². The highest BCUT2D eigenvalue weighted by molar-refractivity contribution is 5.80. The van der Waals surface area contributed by atoms with Gasteiger partial charge >= 0.3 is 17.9 Å². The molecule has 1 unspecified atom stereocenters. The second kappa shape index (κ2) is 8.61. The zero-order valence-corrected chi connectivity index (χ0v) is 10.4. The summed E-state index contributed by atoms with van der Waals surface area (Å²) in [6.45, 7) is 0. The Morgan fingerprint density at radius 1 is 1.15 bits per heavy atom. The molecule has 0 saturated heterocycles. The molecule has 0 saturated carbocycles. The van der Waals surface area contributed by atoms with E-state index in [2.05, 4.69) is 9.97 Å². The van der Waals surface area contributed by atoms with Gasteiger partial charge in [0.15, 0.2) is 0 Å². The maximum atomic E-state index is 10.3. The summed E-state index contributed by atoms with van der Waals surface area (Å²) in [5.74, 6) is -3.50. The van der Waals surface area contributed by atoms with E-state index in [4.69, 9.17) is 26.8 Å². The van der Waals surface area contributed by atoms with Crippen molar-refractivity contribution in [2.45, 2.75) is 24.9 Å². The Morgan fingerprint density at radius 3 is 2.00 bits per heavy atom. The highest BCUT2D eigenvalue weighted by atomic mass is 16.4. The number of nitrogens with two attached hydrogens (primary N) is 2. The van der Waals surface area contributed by atoms with Crippen LogP contribution in [0.1, 0.15) is 12.1 Å². The summed E-state index contributed by atoms with van der Waals surface area (Å²) in [6.07, 6.45) is 2.85. The number of aliphatic carboxylic acids is 3. The van der Waals surface area contributed by atoms with Crippen molar-refractivity contribution >= 4 is 17.9 Å². The van der Waals surface area contributed by atoms with Gasteiger partial charge in [-0.1, -0.05) is 0 Å². The average Bonchev–Trinajstić information content (AvgIpc) is 2.81. The van der Waals surface area contributed by atoms with E-state index < -0.39 is 36.4 Å². The molecular weight excluding hydrogens is 272 g/mol. The van der Waals surface area contributed by atoms with Gasteiger partial charge in [0.1, 0.15) is 12.1 Å². The molecule has 0 aliphatic heterocycles. The van der Waals surface area contributed by atoms with Crippen molar-refractivity contribution in [3.63, 3.8) is 0 Å². The highest BCUT2D eigenvalue weighted by Crippen LogP contribution is 1.95. The summed E-state index contributed by atoms with van der Waals surface area (Å²) in [4.78, 5) is 36.4. The Hall–Kier alpha value is -2.46. The fourth-order valence-corrected chi connectivity index (χ4v) is 0.991. The molecule has 112 valence electrons. The van der Waals surface area contributed by atoms with E-state index in [1.807, 2.05) is 0 Å². The fourth-order valence-electron chi connectivity index (χ4n) is 0.991. The lowest BCUT2D eigenvalue weighted by Crippen LogP contribution is -2.32. The first kappa shape index (κ1) is 17.5. The molecule has 10 nitrogen and oxygen atoms in total. The molecule has 1 heterocycles. The van der Waals surface area contributed by atoms with E-state index in [0.29, 0.717) is 5.69 Å². The summed E-state index contributed by atoms with van der Waals surface area (Å²) >= 11 is 0. The number of carboxylic acid groups (broad SMARTS) is 3. The molecule has 0 fully saturated rings. The van der Waals surface area contributed by atoms with Crippen LogP contribution in [0.15, 0.2) is 12.5 Å². The molecule has 8 N–H and O–H groups in total. The van der Waals surface area contributed by atoms with E-state index >= 15 is 0 Å². The number of aromatic nitrogens is 2. The first-order valence-electron chi connectivity index (χ1n) is 5.40. The molecule has 2 atom stereocenters. The zero-order valence-electron chi connectivity index (χ0n) is 10.4. The van der Waals surface area contributed by atoms with Gasteiger partial charge in [-0.05, 0) is 0 Å². The van der Waals surface area contributed by atoms with Crippen molar-refractivity contribution in [1.82, 2.24) is 9.97 Å². The summed E-state index contributed by atoms with van der Waals surface area (Å²) < 4.78 is 0. The number of carbonyl (C=O) groups is 3. The van der Waals surface area contributed by atoms with Crippen LogP contribution in [-0.2, 0) is 20.8 Å². The Bertz CT molecular complexity index is 447. The first-order valence-corrected chi connectivity index (χ1v) is 5.40. The van der Waals surface area contributed by atoms with E-state index in [1.165, 1.54) is 6.33 Å². The number of H-pyrrole nitrogens is 1. The molecule has 10 heteroatoms. The van der Waals surface area contributed by atoms with E-state index in [-0.39, 0.29) is 6.42 Å². The molecule has 0 spiro atoms. The minimum atomic E-state index is -1.29. The molecular formula is C10H16N4O6. The topological polar surface area (TPSA) is 193 Å². The monoisotopic (exact) mass is 288 g/mol. The van der Waals surface area contributed by atoms with Crippen molar-refractivity contribution in [3.8, 4) is 0 Å². The van der Waals surface area contributed by atoms with Crippen LogP contribution >= 0.6 is 0 Å². The van der Waals surface area contributed by atoms with Gasteiger partial charge in [-0.25, -0.2) is 4.98 Å². The lowest BCUT2D eigenvalue weighted by Gasteiger charge is -2.01. The van der Waals surface area contributed by atoms with Crippen LogP contribution in [0.4, 0.5) is 0 Å². The fraction of sp³-hybridized carbons (Fsp3) is 0.400. The Balaban J connectivity index is 0.000000370. The van der Waals surface area contributed by atoms with Crippen molar-refractivity contribution in [3.05, 3.63) is 18.2 Å². The third kappa shape index (κ3) is 7.79. The predicted molar refractivity (Wildman–Crippen MR) is 65.8 cm³/mol. The normalized spacial score (nSPS) is 12.7. The molecule has 0 aromatic carbocycles. The quantitative estimate of drug-likeness (QED) is 0.351. The van der Waals surface area contributed by atoms with E-state index in [0.717, 1.165) is 0 Å². The van der Waals surface area contributed by atoms with Gasteiger partial charge < -0.3 is 31.8 Å². The lowest BCUT2D eigenvalue weighted by molar-refractivity contribution is -0.144. The Kier molecular flexibility index (Phi) is 7.55. The van der Waals surface area contributed by atoms with Crippen LogP contribution in [0.3, 0.4) is 0 Å². The number of nitrogens with one attached hydrogen (secondary N) is 1. The van der Waals surface area contributed by atoms with Crippen LogP contribution in [0.5, 0.6) is 0 Å².